The Morgan fingerprint density at radius 1 is 1.07 bits per heavy atom. The van der Waals surface area contributed by atoms with Crippen molar-refractivity contribution in [2.24, 2.45) is 5.92 Å². The highest BCUT2D eigenvalue weighted by Gasteiger charge is 2.40. The van der Waals surface area contributed by atoms with Gasteiger partial charge in [-0.15, -0.1) is 23.2 Å². The average Bonchev–Trinajstić information content (AvgIpc) is 2.97. The fourth-order valence-corrected chi connectivity index (χ4v) is 8.35. The Morgan fingerprint density at radius 3 is 2.44 bits per heavy atom. The van der Waals surface area contributed by atoms with Crippen molar-refractivity contribution in [1.29, 1.82) is 0 Å². The molecule has 1 saturated heterocycles. The number of nitrogens with one attached hydrogen (secondary N) is 3. The van der Waals surface area contributed by atoms with Gasteiger partial charge in [-0.25, -0.2) is 0 Å². The summed E-state index contributed by atoms with van der Waals surface area (Å²) in [5.74, 6) is 0.918. The van der Waals surface area contributed by atoms with E-state index in [-0.39, 0.29) is 23.9 Å². The van der Waals surface area contributed by atoms with Crippen LogP contribution < -0.4 is 20.3 Å². The van der Waals surface area contributed by atoms with Crippen LogP contribution in [0.5, 0.6) is 0 Å². The minimum atomic E-state index is -2.93. The molecule has 2 aromatic rings. The van der Waals surface area contributed by atoms with Crippen molar-refractivity contribution in [3.8, 4) is 0 Å². The fourth-order valence-electron chi connectivity index (χ4n) is 6.68. The maximum atomic E-state index is 13.7. The van der Waals surface area contributed by atoms with E-state index in [1.54, 1.807) is 16.4 Å². The summed E-state index contributed by atoms with van der Waals surface area (Å²) < 4.78 is 23.1. The zero-order chi connectivity index (χ0) is 28.2. The lowest BCUT2D eigenvalue weighted by Gasteiger charge is -2.47. The van der Waals surface area contributed by atoms with E-state index in [0.717, 1.165) is 49.3 Å². The first-order chi connectivity index (χ1) is 19.3. The molecular weight excluding hydrogens is 560 g/mol. The predicted molar refractivity (Wildman–Crippen MR) is 171 cm³/mol. The van der Waals surface area contributed by atoms with E-state index < -0.39 is 22.9 Å². The third-order valence-electron chi connectivity index (χ3n) is 9.09. The van der Waals surface area contributed by atoms with Crippen LogP contribution in [0.2, 0.25) is 0 Å². The molecule has 0 radical (unpaired) electrons. The van der Waals surface area contributed by atoms with Crippen LogP contribution >= 0.6 is 23.2 Å². The van der Waals surface area contributed by atoms with Gasteiger partial charge in [0, 0.05) is 36.4 Å². The van der Waals surface area contributed by atoms with E-state index in [9.17, 15) is 19.0 Å². The van der Waals surface area contributed by atoms with Crippen LogP contribution in [0.3, 0.4) is 0 Å². The van der Waals surface area contributed by atoms with Crippen molar-refractivity contribution in [2.45, 2.75) is 82.4 Å². The highest BCUT2D eigenvalue weighted by Crippen LogP contribution is 2.50. The molecule has 2 atom stereocenters. The molecule has 6 rings (SSSR count). The van der Waals surface area contributed by atoms with E-state index in [2.05, 4.69) is 16.0 Å². The number of hydrogen-bond acceptors (Lipinski definition) is 7. The number of β-amino-alcohol motifs (C(OH)–C–C–N with tert-alkyl or cyclic N) is 1. The third kappa shape index (κ3) is 7.89. The lowest BCUT2D eigenvalue weighted by atomic mass is 9.66. The van der Waals surface area contributed by atoms with Crippen LogP contribution in [-0.2, 0) is 6.42 Å². The minimum absolute atomic E-state index is 0. The SMILES string of the molecule is CCNc1cc(C(=O)N[C@@H](Cc2ccccc2)[C@@H](O)CNC23CCC(CC2)CC3)cc(N2CCCCS2(O)O)c1.Cl. The molecule has 1 aliphatic heterocycles. The number of hydrogen-bond donors (Lipinski definition) is 6. The van der Waals surface area contributed by atoms with Crippen molar-refractivity contribution in [3.05, 3.63) is 59.7 Å². The number of aliphatic hydroxyl groups is 1. The van der Waals surface area contributed by atoms with Crippen LogP contribution in [0.25, 0.3) is 0 Å². The van der Waals surface area contributed by atoms with E-state index in [1.165, 1.54) is 19.3 Å². The molecule has 10 heteroatoms. The van der Waals surface area contributed by atoms with Gasteiger partial charge in [0.05, 0.1) is 23.6 Å². The van der Waals surface area contributed by atoms with E-state index in [4.69, 9.17) is 0 Å². The number of rotatable bonds is 11. The van der Waals surface area contributed by atoms with Gasteiger partial charge < -0.3 is 21.1 Å². The largest absolute Gasteiger partial charge is 0.390 e. The smallest absolute Gasteiger partial charge is 0.251 e. The molecule has 2 bridgehead atoms. The van der Waals surface area contributed by atoms with Gasteiger partial charge in [-0.1, -0.05) is 30.3 Å². The number of fused-ring (bicyclic) bond motifs is 3. The summed E-state index contributed by atoms with van der Waals surface area (Å²) in [6, 6.07) is 14.9. The van der Waals surface area contributed by atoms with Gasteiger partial charge in [0.15, 0.2) is 0 Å². The predicted octanol–water partition coefficient (Wildman–Crippen LogP) is 5.82. The second kappa shape index (κ2) is 14.0. The van der Waals surface area contributed by atoms with Crippen LogP contribution in [0, 0.1) is 5.92 Å². The van der Waals surface area contributed by atoms with Gasteiger partial charge in [-0.3, -0.25) is 18.2 Å². The standard InChI is InChI=1S/C31H46N4O4S.ClH/c1-2-32-26-19-25(20-27(21-26)35-16-6-7-17-40(35,38)39)30(37)34-28(18-24-8-4-3-5-9-24)29(36)22-33-31-13-10-23(11-14-31)12-15-31;/h3-5,8-9,19-21,23,28-29,32-33,36,38-39H,2,6-7,10-18,22H2,1H3,(H,34,37);1H/t23?,28-,29-,31?;/m0./s1. The molecular formula is C31H47ClN4O4S. The van der Waals surface area contributed by atoms with Crippen LogP contribution in [0.4, 0.5) is 11.4 Å². The Kier molecular flexibility index (Phi) is 10.9. The summed E-state index contributed by atoms with van der Waals surface area (Å²) in [4.78, 5) is 13.7. The maximum absolute atomic E-state index is 13.7. The lowest BCUT2D eigenvalue weighted by molar-refractivity contribution is 0.0645. The number of carbonyl (C=O) groups excluding carboxylic acids is 1. The zero-order valence-electron chi connectivity index (χ0n) is 24.1. The van der Waals surface area contributed by atoms with Gasteiger partial charge in [-0.05, 0) is 94.4 Å². The summed E-state index contributed by atoms with van der Waals surface area (Å²) in [7, 11) is -2.93. The number of aliphatic hydroxyl groups excluding tert-OH is 1. The molecule has 0 unspecified atom stereocenters. The summed E-state index contributed by atoms with van der Waals surface area (Å²) in [6.07, 6.45) is 8.66. The molecule has 0 aromatic heterocycles. The number of amides is 1. The molecule has 4 aliphatic rings. The first-order valence-corrected chi connectivity index (χ1v) is 16.6. The summed E-state index contributed by atoms with van der Waals surface area (Å²) >= 11 is 0. The molecule has 228 valence electrons. The zero-order valence-corrected chi connectivity index (χ0v) is 25.7. The molecule has 1 heterocycles. The molecule has 3 aliphatic carbocycles. The Morgan fingerprint density at radius 2 is 1.78 bits per heavy atom. The quantitative estimate of drug-likeness (QED) is 0.191. The second-order valence-electron chi connectivity index (χ2n) is 11.9. The Bertz CT molecular complexity index is 1130. The molecule has 2 aromatic carbocycles. The van der Waals surface area contributed by atoms with Crippen LogP contribution in [0.15, 0.2) is 48.5 Å². The normalized spacial score (nSPS) is 25.5. The van der Waals surface area contributed by atoms with Crippen molar-refractivity contribution < 1.29 is 19.0 Å². The first kappa shape index (κ1) is 31.9. The fraction of sp³-hybridized carbons (Fsp3) is 0.581. The average molecular weight is 607 g/mol. The molecule has 41 heavy (non-hydrogen) atoms. The maximum Gasteiger partial charge on any atom is 0.251 e. The summed E-state index contributed by atoms with van der Waals surface area (Å²) in [5, 5.41) is 21.6. The Labute approximate surface area is 252 Å². The minimum Gasteiger partial charge on any atom is -0.390 e. The highest BCUT2D eigenvalue weighted by molar-refractivity contribution is 8.25. The molecule has 6 N–H and O–H groups in total. The number of benzene rings is 2. The summed E-state index contributed by atoms with van der Waals surface area (Å²) in [5.41, 5.74) is 2.96. The van der Waals surface area contributed by atoms with E-state index in [1.807, 2.05) is 43.3 Å². The van der Waals surface area contributed by atoms with Gasteiger partial charge >= 0.3 is 0 Å². The number of halogens is 1. The summed E-state index contributed by atoms with van der Waals surface area (Å²) in [6.45, 7) is 3.62. The van der Waals surface area contributed by atoms with E-state index >= 15 is 0 Å². The monoisotopic (exact) mass is 606 g/mol. The number of carbonyl (C=O) groups is 1. The molecule has 3 saturated carbocycles. The van der Waals surface area contributed by atoms with Crippen molar-refractivity contribution in [2.75, 3.05) is 35.0 Å². The van der Waals surface area contributed by atoms with E-state index in [0.29, 0.717) is 43.1 Å². The number of anilines is 2. The van der Waals surface area contributed by atoms with Crippen LogP contribution in [-0.4, -0.2) is 63.2 Å². The van der Waals surface area contributed by atoms with Gasteiger partial charge in [-0.2, -0.15) is 0 Å². The van der Waals surface area contributed by atoms with Crippen molar-refractivity contribution in [3.63, 3.8) is 0 Å². The third-order valence-corrected chi connectivity index (χ3v) is 11.0. The van der Waals surface area contributed by atoms with Crippen molar-refractivity contribution >= 4 is 40.5 Å². The number of nitrogens with zero attached hydrogens (tertiary/aromatic N) is 1. The van der Waals surface area contributed by atoms with Gasteiger partial charge in [0.25, 0.3) is 5.91 Å². The highest BCUT2D eigenvalue weighted by atomic mass is 35.5. The van der Waals surface area contributed by atoms with Crippen LogP contribution in [0.1, 0.15) is 74.2 Å². The molecule has 4 fully saturated rings. The Balaban J connectivity index is 0.00000387. The second-order valence-corrected chi connectivity index (χ2v) is 14.0. The Hall–Kier alpha value is -2.01. The van der Waals surface area contributed by atoms with Gasteiger partial charge in [0.2, 0.25) is 0 Å². The van der Waals surface area contributed by atoms with Gasteiger partial charge in [0.1, 0.15) is 0 Å². The first-order valence-electron chi connectivity index (χ1n) is 15.0. The lowest BCUT2D eigenvalue weighted by Crippen LogP contribution is -2.56. The molecule has 1 amide bonds. The van der Waals surface area contributed by atoms with Crippen molar-refractivity contribution in [1.82, 2.24) is 10.6 Å². The molecule has 8 nitrogen and oxygen atoms in total. The topological polar surface area (TPSA) is 117 Å². The molecule has 0 spiro atoms.